The molecule has 0 radical (unpaired) electrons. The molecule has 0 bridgehead atoms. The van der Waals surface area contributed by atoms with Gasteiger partial charge in [0.2, 0.25) is 0 Å². The molecule has 0 saturated heterocycles. The average molecular weight is 330 g/mol. The lowest BCUT2D eigenvalue weighted by Gasteiger charge is -2.04. The van der Waals surface area contributed by atoms with Crippen LogP contribution in [0.3, 0.4) is 0 Å². The van der Waals surface area contributed by atoms with Crippen molar-refractivity contribution >= 4 is 5.65 Å². The van der Waals surface area contributed by atoms with Crippen LogP contribution in [0.4, 0.5) is 0 Å². The van der Waals surface area contributed by atoms with E-state index < -0.39 is 0 Å². The van der Waals surface area contributed by atoms with Gasteiger partial charge < -0.3 is 14.2 Å². The molecule has 0 aliphatic heterocycles. The van der Waals surface area contributed by atoms with Crippen molar-refractivity contribution in [3.63, 3.8) is 0 Å². The summed E-state index contributed by atoms with van der Waals surface area (Å²) in [5.74, 6) is 0.807. The molecule has 0 unspecified atom stereocenters. The van der Waals surface area contributed by atoms with E-state index in [0.717, 1.165) is 39.3 Å². The van der Waals surface area contributed by atoms with Gasteiger partial charge in [-0.25, -0.2) is 4.98 Å². The molecule has 4 nitrogen and oxygen atoms in total. The molecule has 2 heterocycles. The number of hydrogen-bond donors (Lipinski definition) is 1. The maximum absolute atomic E-state index is 9.33. The molecule has 0 aliphatic rings. The number of nitrogens with zero attached hydrogens (tertiary/aromatic N) is 2. The minimum atomic E-state index is 0.0408. The van der Waals surface area contributed by atoms with Gasteiger partial charge in [-0.15, -0.1) is 0 Å². The molecule has 0 spiro atoms. The Hall–Kier alpha value is -3.11. The van der Waals surface area contributed by atoms with E-state index in [4.69, 9.17) is 9.72 Å². The minimum Gasteiger partial charge on any atom is -0.496 e. The van der Waals surface area contributed by atoms with Crippen molar-refractivity contribution < 1.29 is 9.84 Å². The van der Waals surface area contributed by atoms with Crippen molar-refractivity contribution in [3.8, 4) is 28.1 Å². The number of methoxy groups -OCH3 is 1. The third-order valence-corrected chi connectivity index (χ3v) is 4.28. The molecule has 0 atom stereocenters. The summed E-state index contributed by atoms with van der Waals surface area (Å²) in [7, 11) is 1.67. The highest BCUT2D eigenvalue weighted by Crippen LogP contribution is 2.30. The number of aliphatic hydroxyl groups excluding tert-OH is 1. The average Bonchev–Trinajstić information content (AvgIpc) is 3.11. The SMILES string of the molecule is COc1ccccc1-c1cn2cc(-c3cccc(CO)c3)ccc2n1. The summed E-state index contributed by atoms with van der Waals surface area (Å²) in [6, 6.07) is 19.8. The Labute approximate surface area is 146 Å². The zero-order chi connectivity index (χ0) is 17.2. The molecule has 0 fully saturated rings. The first-order valence-corrected chi connectivity index (χ1v) is 8.11. The van der Waals surface area contributed by atoms with E-state index >= 15 is 0 Å². The molecule has 124 valence electrons. The van der Waals surface area contributed by atoms with Gasteiger partial charge in [0.05, 0.1) is 19.4 Å². The summed E-state index contributed by atoms with van der Waals surface area (Å²) in [5.41, 5.74) is 5.77. The van der Waals surface area contributed by atoms with Gasteiger partial charge in [-0.05, 0) is 47.0 Å². The first-order chi connectivity index (χ1) is 12.3. The van der Waals surface area contributed by atoms with Crippen LogP contribution < -0.4 is 4.74 Å². The molecule has 25 heavy (non-hydrogen) atoms. The van der Waals surface area contributed by atoms with Gasteiger partial charge >= 0.3 is 0 Å². The molecule has 1 N–H and O–H groups in total. The zero-order valence-electron chi connectivity index (χ0n) is 13.9. The van der Waals surface area contributed by atoms with Crippen molar-refractivity contribution in [3.05, 3.63) is 78.6 Å². The molecule has 2 aromatic heterocycles. The third-order valence-electron chi connectivity index (χ3n) is 4.28. The van der Waals surface area contributed by atoms with Crippen LogP contribution in [0, 0.1) is 0 Å². The Bertz CT molecular complexity index is 1040. The van der Waals surface area contributed by atoms with Crippen LogP contribution in [-0.4, -0.2) is 21.6 Å². The lowest BCUT2D eigenvalue weighted by molar-refractivity contribution is 0.282. The predicted molar refractivity (Wildman–Crippen MR) is 98.5 cm³/mol. The second-order valence-electron chi connectivity index (χ2n) is 5.87. The number of benzene rings is 2. The summed E-state index contributed by atoms with van der Waals surface area (Å²) in [6.45, 7) is 0.0408. The van der Waals surface area contributed by atoms with E-state index in [9.17, 15) is 5.11 Å². The van der Waals surface area contributed by atoms with Gasteiger partial charge in [-0.1, -0.05) is 30.3 Å². The van der Waals surface area contributed by atoms with E-state index in [1.165, 1.54) is 0 Å². The Morgan fingerprint density at radius 3 is 2.68 bits per heavy atom. The lowest BCUT2D eigenvalue weighted by atomic mass is 10.1. The van der Waals surface area contributed by atoms with Crippen LogP contribution in [0.25, 0.3) is 28.0 Å². The van der Waals surface area contributed by atoms with Crippen LogP contribution in [0.2, 0.25) is 0 Å². The predicted octanol–water partition coefficient (Wildman–Crippen LogP) is 4.17. The fraction of sp³-hybridized carbons (Fsp3) is 0.0952. The minimum absolute atomic E-state index is 0.0408. The number of hydrogen-bond acceptors (Lipinski definition) is 3. The summed E-state index contributed by atoms with van der Waals surface area (Å²) in [4.78, 5) is 4.70. The lowest BCUT2D eigenvalue weighted by Crippen LogP contribution is -1.87. The normalized spacial score (nSPS) is 11.0. The number of imidazole rings is 1. The second kappa shape index (κ2) is 6.42. The summed E-state index contributed by atoms with van der Waals surface area (Å²) in [6.07, 6.45) is 4.06. The van der Waals surface area contributed by atoms with Crippen LogP contribution in [0.5, 0.6) is 5.75 Å². The van der Waals surface area contributed by atoms with E-state index in [-0.39, 0.29) is 6.61 Å². The Kier molecular flexibility index (Phi) is 3.96. The monoisotopic (exact) mass is 330 g/mol. The number of para-hydroxylation sites is 1. The van der Waals surface area contributed by atoms with Gasteiger partial charge in [0.25, 0.3) is 0 Å². The summed E-state index contributed by atoms with van der Waals surface area (Å²) >= 11 is 0. The number of ether oxygens (including phenoxy) is 1. The first kappa shape index (κ1) is 15.4. The first-order valence-electron chi connectivity index (χ1n) is 8.11. The molecule has 2 aromatic carbocycles. The van der Waals surface area contributed by atoms with Crippen LogP contribution in [-0.2, 0) is 6.61 Å². The standard InChI is InChI=1S/C21H18N2O2/c1-25-20-8-3-2-7-18(20)19-13-23-12-17(9-10-21(23)22-19)16-6-4-5-15(11-16)14-24/h2-13,24H,14H2,1H3. The van der Waals surface area contributed by atoms with Crippen LogP contribution >= 0.6 is 0 Å². The molecule has 4 rings (SSSR count). The molecular formula is C21H18N2O2. The second-order valence-corrected chi connectivity index (χ2v) is 5.87. The van der Waals surface area contributed by atoms with Gasteiger partial charge in [0.1, 0.15) is 11.4 Å². The molecule has 4 aromatic rings. The number of aromatic nitrogens is 2. The Morgan fingerprint density at radius 2 is 1.84 bits per heavy atom. The van der Waals surface area contributed by atoms with Gasteiger partial charge in [-0.3, -0.25) is 0 Å². The number of aliphatic hydroxyl groups is 1. The fourth-order valence-corrected chi connectivity index (χ4v) is 3.00. The van der Waals surface area contributed by atoms with Gasteiger partial charge in [-0.2, -0.15) is 0 Å². The highest BCUT2D eigenvalue weighted by atomic mass is 16.5. The molecule has 0 amide bonds. The van der Waals surface area contributed by atoms with Gasteiger partial charge in [0, 0.05) is 18.0 Å². The van der Waals surface area contributed by atoms with E-state index in [1.54, 1.807) is 7.11 Å². The van der Waals surface area contributed by atoms with E-state index in [0.29, 0.717) is 0 Å². The topological polar surface area (TPSA) is 46.8 Å². The van der Waals surface area contributed by atoms with E-state index in [2.05, 4.69) is 6.20 Å². The van der Waals surface area contributed by atoms with Crippen molar-refractivity contribution in [2.45, 2.75) is 6.61 Å². The third kappa shape index (κ3) is 2.88. The summed E-state index contributed by atoms with van der Waals surface area (Å²) < 4.78 is 7.46. The van der Waals surface area contributed by atoms with Crippen molar-refractivity contribution in [1.29, 1.82) is 0 Å². The number of rotatable bonds is 4. The van der Waals surface area contributed by atoms with Crippen molar-refractivity contribution in [2.24, 2.45) is 0 Å². The maximum Gasteiger partial charge on any atom is 0.137 e. The van der Waals surface area contributed by atoms with Crippen LogP contribution in [0.15, 0.2) is 73.1 Å². The molecule has 4 heteroatoms. The highest BCUT2D eigenvalue weighted by molar-refractivity contribution is 5.71. The molecule has 0 aliphatic carbocycles. The number of pyridine rings is 1. The Balaban J connectivity index is 1.79. The number of fused-ring (bicyclic) bond motifs is 1. The Morgan fingerprint density at radius 1 is 0.960 bits per heavy atom. The summed E-state index contributed by atoms with van der Waals surface area (Å²) in [5, 5.41) is 9.33. The quantitative estimate of drug-likeness (QED) is 0.611. The van der Waals surface area contributed by atoms with E-state index in [1.807, 2.05) is 71.3 Å². The smallest absolute Gasteiger partial charge is 0.137 e. The van der Waals surface area contributed by atoms with Gasteiger partial charge in [0.15, 0.2) is 0 Å². The van der Waals surface area contributed by atoms with Crippen LogP contribution in [0.1, 0.15) is 5.56 Å². The van der Waals surface area contributed by atoms with Crippen molar-refractivity contribution in [1.82, 2.24) is 9.38 Å². The van der Waals surface area contributed by atoms with Crippen molar-refractivity contribution in [2.75, 3.05) is 7.11 Å². The molecule has 0 saturated carbocycles. The largest absolute Gasteiger partial charge is 0.496 e. The fourth-order valence-electron chi connectivity index (χ4n) is 3.00. The maximum atomic E-state index is 9.33. The zero-order valence-corrected chi connectivity index (χ0v) is 13.9. The molecular weight excluding hydrogens is 312 g/mol. The highest BCUT2D eigenvalue weighted by Gasteiger charge is 2.10.